The van der Waals surface area contributed by atoms with E-state index >= 15 is 0 Å². The summed E-state index contributed by atoms with van der Waals surface area (Å²) in [6.07, 6.45) is 3.83. The Morgan fingerprint density at radius 3 is 2.50 bits per heavy atom. The molecule has 2 aliphatic rings. The van der Waals surface area contributed by atoms with Gasteiger partial charge in [0.25, 0.3) is 5.91 Å². The third-order valence-corrected chi connectivity index (χ3v) is 5.40. The number of nitrogens with zero attached hydrogens (tertiary/aromatic N) is 1. The molecule has 2 heterocycles. The van der Waals surface area contributed by atoms with E-state index in [1.165, 1.54) is 11.3 Å². The van der Waals surface area contributed by atoms with Gasteiger partial charge in [0, 0.05) is 30.4 Å². The lowest BCUT2D eigenvalue weighted by Gasteiger charge is -2.32. The minimum absolute atomic E-state index is 0.0149. The molecular formula is C14H17BrN2O2S. The van der Waals surface area contributed by atoms with Crippen molar-refractivity contribution in [2.75, 3.05) is 13.1 Å². The molecular weight excluding hydrogens is 340 g/mol. The number of nitrogens with one attached hydrogen (secondary N) is 1. The van der Waals surface area contributed by atoms with Crippen LogP contribution in [0.25, 0.3) is 0 Å². The van der Waals surface area contributed by atoms with Gasteiger partial charge in [-0.05, 0) is 47.7 Å². The average Bonchev–Trinajstić information content (AvgIpc) is 3.20. The number of thiophene rings is 1. The van der Waals surface area contributed by atoms with Gasteiger partial charge in [0.15, 0.2) is 0 Å². The summed E-state index contributed by atoms with van der Waals surface area (Å²) < 4.78 is 0.965. The molecule has 2 fully saturated rings. The van der Waals surface area contributed by atoms with Gasteiger partial charge in [-0.25, -0.2) is 0 Å². The Morgan fingerprint density at radius 1 is 1.25 bits per heavy atom. The van der Waals surface area contributed by atoms with E-state index in [4.69, 9.17) is 0 Å². The Labute approximate surface area is 130 Å². The van der Waals surface area contributed by atoms with Gasteiger partial charge in [0.05, 0.1) is 9.35 Å². The van der Waals surface area contributed by atoms with Gasteiger partial charge < -0.3 is 10.2 Å². The van der Waals surface area contributed by atoms with Crippen molar-refractivity contribution in [3.63, 3.8) is 0 Å². The summed E-state index contributed by atoms with van der Waals surface area (Å²) in [7, 11) is 0. The summed E-state index contributed by atoms with van der Waals surface area (Å²) in [5.74, 6) is 0.597. The van der Waals surface area contributed by atoms with E-state index in [9.17, 15) is 9.59 Å². The summed E-state index contributed by atoms with van der Waals surface area (Å²) in [6, 6.07) is 2.02. The number of hydrogen-bond donors (Lipinski definition) is 1. The van der Waals surface area contributed by atoms with Crippen LogP contribution >= 0.6 is 27.3 Å². The second kappa shape index (κ2) is 5.85. The monoisotopic (exact) mass is 356 g/mol. The molecule has 108 valence electrons. The fourth-order valence-electron chi connectivity index (χ4n) is 2.53. The molecule has 1 aromatic heterocycles. The maximum Gasteiger partial charge on any atom is 0.252 e. The van der Waals surface area contributed by atoms with Crippen LogP contribution < -0.4 is 5.32 Å². The van der Waals surface area contributed by atoms with Crippen LogP contribution in [0, 0.1) is 5.92 Å². The van der Waals surface area contributed by atoms with Gasteiger partial charge in [-0.3, -0.25) is 9.59 Å². The molecule has 0 atom stereocenters. The minimum atomic E-state index is -0.0149. The number of amides is 2. The third kappa shape index (κ3) is 3.23. The summed E-state index contributed by atoms with van der Waals surface area (Å²) in [6.45, 7) is 1.54. The maximum absolute atomic E-state index is 12.1. The van der Waals surface area contributed by atoms with E-state index in [-0.39, 0.29) is 11.9 Å². The molecule has 0 radical (unpaired) electrons. The molecule has 20 heavy (non-hydrogen) atoms. The lowest BCUT2D eigenvalue weighted by molar-refractivity contribution is -0.133. The molecule has 0 unspecified atom stereocenters. The Kier molecular flexibility index (Phi) is 4.12. The Bertz CT molecular complexity index is 519. The number of carbonyl (C=O) groups excluding carboxylic acids is 2. The van der Waals surface area contributed by atoms with E-state index in [1.54, 1.807) is 0 Å². The van der Waals surface area contributed by atoms with Crippen molar-refractivity contribution in [1.82, 2.24) is 10.2 Å². The van der Waals surface area contributed by atoms with Crippen molar-refractivity contribution in [1.29, 1.82) is 0 Å². The third-order valence-electron chi connectivity index (χ3n) is 3.90. The first-order valence-corrected chi connectivity index (χ1v) is 8.64. The zero-order valence-electron chi connectivity index (χ0n) is 11.1. The van der Waals surface area contributed by atoms with Crippen LogP contribution in [0.2, 0.25) is 0 Å². The SMILES string of the molecule is O=C(NC1CCN(C(=O)C2CC2)CC1)c1csc(Br)c1. The molecule has 4 nitrogen and oxygen atoms in total. The number of halogens is 1. The van der Waals surface area contributed by atoms with Crippen LogP contribution in [0.1, 0.15) is 36.0 Å². The number of piperidine rings is 1. The molecule has 1 aromatic rings. The van der Waals surface area contributed by atoms with Crippen LogP contribution in [-0.2, 0) is 4.79 Å². The van der Waals surface area contributed by atoms with Crippen molar-refractivity contribution >= 4 is 39.1 Å². The first-order chi connectivity index (χ1) is 9.63. The van der Waals surface area contributed by atoms with E-state index < -0.39 is 0 Å². The zero-order chi connectivity index (χ0) is 14.1. The molecule has 0 bridgehead atoms. The van der Waals surface area contributed by atoms with Gasteiger partial charge in [0.1, 0.15) is 0 Å². The smallest absolute Gasteiger partial charge is 0.252 e. The molecule has 1 aliphatic carbocycles. The molecule has 1 saturated heterocycles. The topological polar surface area (TPSA) is 49.4 Å². The molecule has 2 amide bonds. The summed E-state index contributed by atoms with van der Waals surface area (Å²) in [5, 5.41) is 4.91. The highest BCUT2D eigenvalue weighted by Gasteiger charge is 2.35. The Hall–Kier alpha value is -0.880. The second-order valence-corrected chi connectivity index (χ2v) is 7.78. The highest BCUT2D eigenvalue weighted by atomic mass is 79.9. The lowest BCUT2D eigenvalue weighted by atomic mass is 10.0. The van der Waals surface area contributed by atoms with E-state index in [1.807, 2.05) is 16.3 Å². The molecule has 0 aromatic carbocycles. The average molecular weight is 357 g/mol. The Balaban J connectivity index is 1.48. The highest BCUT2D eigenvalue weighted by Crippen LogP contribution is 2.32. The summed E-state index contributed by atoms with van der Waals surface area (Å²) in [5.41, 5.74) is 0.707. The first kappa shape index (κ1) is 14.1. The molecule has 3 rings (SSSR count). The largest absolute Gasteiger partial charge is 0.349 e. The quantitative estimate of drug-likeness (QED) is 0.904. The van der Waals surface area contributed by atoms with E-state index in [2.05, 4.69) is 21.2 Å². The number of rotatable bonds is 3. The maximum atomic E-state index is 12.1. The van der Waals surface area contributed by atoms with Crippen LogP contribution in [0.5, 0.6) is 0 Å². The predicted octanol–water partition coefficient (Wildman–Crippen LogP) is 2.64. The minimum Gasteiger partial charge on any atom is -0.349 e. The molecule has 1 aliphatic heterocycles. The first-order valence-electron chi connectivity index (χ1n) is 6.97. The van der Waals surface area contributed by atoms with Gasteiger partial charge in [-0.1, -0.05) is 0 Å². The normalized spacial score (nSPS) is 19.9. The standard InChI is InChI=1S/C14H17BrN2O2S/c15-12-7-10(8-20-12)13(18)16-11-3-5-17(6-4-11)14(19)9-1-2-9/h7-9,11H,1-6H2,(H,16,18). The van der Waals surface area contributed by atoms with Crippen LogP contribution in [0.15, 0.2) is 15.2 Å². The van der Waals surface area contributed by atoms with E-state index in [0.717, 1.165) is 42.6 Å². The van der Waals surface area contributed by atoms with Crippen LogP contribution in [-0.4, -0.2) is 35.8 Å². The predicted molar refractivity (Wildman–Crippen MR) is 81.8 cm³/mol. The van der Waals surface area contributed by atoms with Crippen LogP contribution in [0.4, 0.5) is 0 Å². The van der Waals surface area contributed by atoms with E-state index in [0.29, 0.717) is 17.4 Å². The molecule has 0 spiro atoms. The van der Waals surface area contributed by atoms with Gasteiger partial charge in [-0.15, -0.1) is 11.3 Å². The fourth-order valence-corrected chi connectivity index (χ4v) is 3.67. The van der Waals surface area contributed by atoms with Crippen molar-refractivity contribution in [3.05, 3.63) is 20.8 Å². The van der Waals surface area contributed by atoms with Crippen molar-refractivity contribution in [3.8, 4) is 0 Å². The summed E-state index contributed by atoms with van der Waals surface area (Å²) in [4.78, 5) is 26.0. The fraction of sp³-hybridized carbons (Fsp3) is 0.571. The van der Waals surface area contributed by atoms with Gasteiger partial charge in [-0.2, -0.15) is 0 Å². The van der Waals surface area contributed by atoms with Crippen molar-refractivity contribution in [2.45, 2.75) is 31.7 Å². The van der Waals surface area contributed by atoms with Gasteiger partial charge in [0.2, 0.25) is 5.91 Å². The molecule has 1 N–H and O–H groups in total. The highest BCUT2D eigenvalue weighted by molar-refractivity contribution is 9.11. The zero-order valence-corrected chi connectivity index (χ0v) is 13.5. The Morgan fingerprint density at radius 2 is 1.95 bits per heavy atom. The number of carbonyl (C=O) groups is 2. The number of likely N-dealkylation sites (tertiary alicyclic amines) is 1. The number of hydrogen-bond acceptors (Lipinski definition) is 3. The molecule has 1 saturated carbocycles. The summed E-state index contributed by atoms with van der Waals surface area (Å²) >= 11 is 4.88. The second-order valence-electron chi connectivity index (χ2n) is 5.49. The van der Waals surface area contributed by atoms with Crippen molar-refractivity contribution < 1.29 is 9.59 Å². The van der Waals surface area contributed by atoms with Gasteiger partial charge >= 0.3 is 0 Å². The van der Waals surface area contributed by atoms with Crippen LogP contribution in [0.3, 0.4) is 0 Å². The lowest BCUT2D eigenvalue weighted by Crippen LogP contribution is -2.46. The molecule has 6 heteroatoms. The van der Waals surface area contributed by atoms with Crippen molar-refractivity contribution in [2.24, 2.45) is 5.92 Å².